The summed E-state index contributed by atoms with van der Waals surface area (Å²) in [6.45, 7) is 1.79. The quantitative estimate of drug-likeness (QED) is 0.400. The molecular weight excluding hydrogens is 368 g/mol. The lowest BCUT2D eigenvalue weighted by Gasteiger charge is -2.07. The van der Waals surface area contributed by atoms with E-state index in [0.717, 1.165) is 0 Å². The first kappa shape index (κ1) is 18.2. The Labute approximate surface area is 165 Å². The molecule has 2 aromatic carbocycles. The van der Waals surface area contributed by atoms with Gasteiger partial charge in [0.25, 0.3) is 5.56 Å². The molecule has 29 heavy (non-hydrogen) atoms. The van der Waals surface area contributed by atoms with E-state index in [1.54, 1.807) is 42.9 Å². The first-order valence-electron chi connectivity index (χ1n) is 8.87. The second kappa shape index (κ2) is 7.09. The fraction of sp³-hybridized carbons (Fsp3) is 0.0909. The molecule has 0 bridgehead atoms. The van der Waals surface area contributed by atoms with E-state index in [1.165, 1.54) is 10.9 Å². The minimum Gasteiger partial charge on any atom is -0.422 e. The molecule has 0 unspecified atom stereocenters. The van der Waals surface area contributed by atoms with Gasteiger partial charge in [0.2, 0.25) is 0 Å². The maximum Gasteiger partial charge on any atom is 0.355 e. The van der Waals surface area contributed by atoms with Crippen molar-refractivity contribution in [2.24, 2.45) is 12.0 Å². The van der Waals surface area contributed by atoms with Crippen molar-refractivity contribution in [1.82, 2.24) is 9.36 Å². The summed E-state index contributed by atoms with van der Waals surface area (Å²) < 4.78 is 8.43. The minimum atomic E-state index is -0.737. The predicted molar refractivity (Wildman–Crippen MR) is 110 cm³/mol. The number of nitriles is 1. The Hall–Kier alpha value is -4.18. The van der Waals surface area contributed by atoms with Gasteiger partial charge in [0.1, 0.15) is 17.2 Å². The topological polar surface area (TPSA) is 93.3 Å². The van der Waals surface area contributed by atoms with Gasteiger partial charge in [0, 0.05) is 24.2 Å². The molecule has 0 fully saturated rings. The highest BCUT2D eigenvalue weighted by Gasteiger charge is 2.17. The van der Waals surface area contributed by atoms with Gasteiger partial charge in [0.05, 0.1) is 11.4 Å². The Morgan fingerprint density at radius 1 is 1.07 bits per heavy atom. The molecule has 0 atom stereocenters. The average molecular weight is 384 g/mol. The molecule has 0 aliphatic rings. The molecule has 7 nitrogen and oxygen atoms in total. The number of benzene rings is 2. The SMILES string of the molecule is Cc1c(N=Cc2c(C#N)c(=O)oc3ccccc23)c(=O)n(-c2ccccc2)n1C. The minimum absolute atomic E-state index is 0.149. The van der Waals surface area contributed by atoms with Crippen molar-refractivity contribution in [2.75, 3.05) is 0 Å². The number of fused-ring (bicyclic) bond motifs is 1. The molecule has 4 rings (SSSR count). The first-order valence-corrected chi connectivity index (χ1v) is 8.87. The van der Waals surface area contributed by atoms with Crippen LogP contribution in [0.25, 0.3) is 16.7 Å². The summed E-state index contributed by atoms with van der Waals surface area (Å²) in [4.78, 5) is 29.5. The van der Waals surface area contributed by atoms with Gasteiger partial charge in [0.15, 0.2) is 5.69 Å². The Bertz CT molecular complexity index is 1420. The molecule has 0 aliphatic heterocycles. The van der Waals surface area contributed by atoms with Crippen molar-refractivity contribution in [2.45, 2.75) is 6.92 Å². The summed E-state index contributed by atoms with van der Waals surface area (Å²) in [7, 11) is 1.77. The van der Waals surface area contributed by atoms with Gasteiger partial charge in [-0.1, -0.05) is 36.4 Å². The largest absolute Gasteiger partial charge is 0.422 e. The third-order valence-electron chi connectivity index (χ3n) is 4.81. The van der Waals surface area contributed by atoms with Crippen LogP contribution < -0.4 is 11.2 Å². The van der Waals surface area contributed by atoms with E-state index in [-0.39, 0.29) is 16.8 Å². The second-order valence-corrected chi connectivity index (χ2v) is 6.45. The molecule has 7 heteroatoms. The predicted octanol–water partition coefficient (Wildman–Crippen LogP) is 3.21. The second-order valence-electron chi connectivity index (χ2n) is 6.45. The van der Waals surface area contributed by atoms with Gasteiger partial charge in [-0.25, -0.2) is 14.5 Å². The molecule has 2 heterocycles. The van der Waals surface area contributed by atoms with Crippen LogP contribution in [0.15, 0.2) is 73.6 Å². The summed E-state index contributed by atoms with van der Waals surface area (Å²) in [5.74, 6) is 0. The van der Waals surface area contributed by atoms with Crippen LogP contribution in [0.1, 0.15) is 16.8 Å². The van der Waals surface area contributed by atoms with E-state index < -0.39 is 5.63 Å². The van der Waals surface area contributed by atoms with E-state index in [1.807, 2.05) is 36.4 Å². The number of para-hydroxylation sites is 2. The highest BCUT2D eigenvalue weighted by molar-refractivity contribution is 6.00. The molecule has 0 saturated carbocycles. The van der Waals surface area contributed by atoms with Crippen LogP contribution >= 0.6 is 0 Å². The molecule has 0 spiro atoms. The van der Waals surface area contributed by atoms with Crippen molar-refractivity contribution in [3.05, 3.63) is 92.2 Å². The van der Waals surface area contributed by atoms with Crippen molar-refractivity contribution >= 4 is 22.9 Å². The average Bonchev–Trinajstić information content (AvgIpc) is 2.95. The standard InChI is InChI=1S/C22H16N4O3/c1-14-20(21(27)26(25(14)2)15-8-4-3-5-9-15)24-13-18-16-10-6-7-11-19(16)29-22(28)17(18)12-23/h3-11,13H,1-2H3. The maximum atomic E-state index is 13.0. The molecule has 2 aromatic heterocycles. The molecule has 4 aromatic rings. The third kappa shape index (κ3) is 2.97. The van der Waals surface area contributed by atoms with Crippen molar-refractivity contribution in [3.8, 4) is 11.8 Å². The van der Waals surface area contributed by atoms with Gasteiger partial charge < -0.3 is 4.42 Å². The third-order valence-corrected chi connectivity index (χ3v) is 4.81. The molecule has 0 N–H and O–H groups in total. The number of rotatable bonds is 3. The van der Waals surface area contributed by atoms with Crippen molar-refractivity contribution in [3.63, 3.8) is 0 Å². The fourth-order valence-electron chi connectivity index (χ4n) is 3.25. The normalized spacial score (nSPS) is 11.2. The van der Waals surface area contributed by atoms with Crippen LogP contribution in [0.3, 0.4) is 0 Å². The van der Waals surface area contributed by atoms with Crippen LogP contribution in [0.2, 0.25) is 0 Å². The van der Waals surface area contributed by atoms with E-state index in [0.29, 0.717) is 27.9 Å². The van der Waals surface area contributed by atoms with E-state index >= 15 is 0 Å². The molecule has 0 amide bonds. The van der Waals surface area contributed by atoms with Gasteiger partial charge in [-0.15, -0.1) is 0 Å². The smallest absolute Gasteiger partial charge is 0.355 e. The zero-order valence-electron chi connectivity index (χ0n) is 15.8. The summed E-state index contributed by atoms with van der Waals surface area (Å²) in [6, 6.07) is 18.0. The molecular formula is C22H16N4O3. The zero-order chi connectivity index (χ0) is 20.5. The van der Waals surface area contributed by atoms with E-state index in [4.69, 9.17) is 4.42 Å². The molecule has 0 radical (unpaired) electrons. The lowest BCUT2D eigenvalue weighted by molar-refractivity contribution is 0.558. The fourth-order valence-corrected chi connectivity index (χ4v) is 3.25. The maximum absolute atomic E-state index is 13.0. The Morgan fingerprint density at radius 3 is 2.48 bits per heavy atom. The molecule has 142 valence electrons. The molecule has 0 saturated heterocycles. The lowest BCUT2D eigenvalue weighted by atomic mass is 10.1. The van der Waals surface area contributed by atoms with Crippen molar-refractivity contribution in [1.29, 1.82) is 5.26 Å². The van der Waals surface area contributed by atoms with Crippen molar-refractivity contribution < 1.29 is 4.42 Å². The zero-order valence-corrected chi connectivity index (χ0v) is 15.8. The monoisotopic (exact) mass is 384 g/mol. The van der Waals surface area contributed by atoms with Gasteiger partial charge in [-0.3, -0.25) is 9.48 Å². The highest BCUT2D eigenvalue weighted by atomic mass is 16.4. The number of nitrogens with zero attached hydrogens (tertiary/aromatic N) is 4. The van der Waals surface area contributed by atoms with Crippen LogP contribution in [0.4, 0.5) is 5.69 Å². The number of aromatic nitrogens is 2. The number of hydrogen-bond acceptors (Lipinski definition) is 5. The summed E-state index contributed by atoms with van der Waals surface area (Å²) >= 11 is 0. The van der Waals surface area contributed by atoms with Crippen LogP contribution in [0.5, 0.6) is 0 Å². The van der Waals surface area contributed by atoms with Gasteiger partial charge in [-0.05, 0) is 25.1 Å². The highest BCUT2D eigenvalue weighted by Crippen LogP contribution is 2.21. The summed E-state index contributed by atoms with van der Waals surface area (Å²) in [6.07, 6.45) is 1.39. The number of hydrogen-bond donors (Lipinski definition) is 0. The van der Waals surface area contributed by atoms with Gasteiger partial charge in [-0.2, -0.15) is 5.26 Å². The van der Waals surface area contributed by atoms with Crippen LogP contribution in [0, 0.1) is 18.3 Å². The van der Waals surface area contributed by atoms with Gasteiger partial charge >= 0.3 is 5.63 Å². The Balaban J connectivity index is 1.92. The Morgan fingerprint density at radius 2 is 1.76 bits per heavy atom. The Kier molecular flexibility index (Phi) is 4.45. The first-order chi connectivity index (χ1) is 14.0. The summed E-state index contributed by atoms with van der Waals surface area (Å²) in [5, 5.41) is 9.99. The molecule has 0 aliphatic carbocycles. The van der Waals surface area contributed by atoms with Crippen LogP contribution in [-0.4, -0.2) is 15.6 Å². The summed E-state index contributed by atoms with van der Waals surface area (Å²) in [5.41, 5.74) is 1.10. The number of aliphatic imine (C=N–C) groups is 1. The van der Waals surface area contributed by atoms with E-state index in [2.05, 4.69) is 4.99 Å². The van der Waals surface area contributed by atoms with Crippen LogP contribution in [-0.2, 0) is 7.05 Å². The van der Waals surface area contributed by atoms with E-state index in [9.17, 15) is 14.9 Å². The lowest BCUT2D eigenvalue weighted by Crippen LogP contribution is -2.19.